The topological polar surface area (TPSA) is 57.2 Å². The van der Waals surface area contributed by atoms with E-state index in [4.69, 9.17) is 4.74 Å². The summed E-state index contributed by atoms with van der Waals surface area (Å²) in [6, 6.07) is 20.6. The molecule has 0 radical (unpaired) electrons. The van der Waals surface area contributed by atoms with Gasteiger partial charge in [0.2, 0.25) is 5.91 Å². The smallest absolute Gasteiger partial charge is 0.232 e. The van der Waals surface area contributed by atoms with Gasteiger partial charge in [-0.25, -0.2) is 0 Å². The number of nitrogens with zero attached hydrogens (tertiary/aromatic N) is 3. The van der Waals surface area contributed by atoms with Crippen molar-refractivity contribution in [3.05, 3.63) is 77.9 Å². The minimum absolute atomic E-state index is 0. The van der Waals surface area contributed by atoms with E-state index < -0.39 is 0 Å². The monoisotopic (exact) mass is 560 g/mol. The molecule has 0 aromatic heterocycles. The number of halogens is 1. The standard InChI is InChI=1S/C26H32N4O2.HI/c1-27-26(30-14-12-22(13-15-30)21-8-4-2-5-9-21)28-20-24(23-10-6-3-7-11-23)25(31)29-16-18-32-19-17-29;/h2-12,24H,13-20H2,1H3,(H,27,28);1H. The molecule has 0 spiro atoms. The molecule has 1 atom stereocenters. The first-order valence-corrected chi connectivity index (χ1v) is 11.4. The predicted molar refractivity (Wildman–Crippen MR) is 144 cm³/mol. The molecule has 1 fully saturated rings. The SMILES string of the molecule is CN=C(NCC(C(=O)N1CCOCC1)c1ccccc1)N1CC=C(c2ccccc2)CC1.I. The molecular weight excluding hydrogens is 527 g/mol. The molecule has 0 bridgehead atoms. The van der Waals surface area contributed by atoms with E-state index in [1.165, 1.54) is 11.1 Å². The summed E-state index contributed by atoms with van der Waals surface area (Å²) in [5, 5.41) is 3.48. The lowest BCUT2D eigenvalue weighted by Crippen LogP contribution is -2.48. The number of rotatable bonds is 5. The van der Waals surface area contributed by atoms with Crippen molar-refractivity contribution in [3.8, 4) is 0 Å². The summed E-state index contributed by atoms with van der Waals surface area (Å²) in [5.74, 6) is 0.725. The fourth-order valence-electron chi connectivity index (χ4n) is 4.34. The van der Waals surface area contributed by atoms with Crippen LogP contribution in [0.25, 0.3) is 5.57 Å². The Balaban J connectivity index is 0.00000306. The van der Waals surface area contributed by atoms with Gasteiger partial charge in [-0.1, -0.05) is 66.7 Å². The molecule has 2 heterocycles. The van der Waals surface area contributed by atoms with Crippen molar-refractivity contribution >= 4 is 41.4 Å². The molecule has 2 aromatic carbocycles. The molecule has 176 valence electrons. The third-order valence-electron chi connectivity index (χ3n) is 6.15. The Morgan fingerprint density at radius 1 is 1.00 bits per heavy atom. The number of carbonyl (C=O) groups excluding carboxylic acids is 1. The van der Waals surface area contributed by atoms with Crippen LogP contribution in [0.3, 0.4) is 0 Å². The Bertz CT molecular complexity index is 943. The van der Waals surface area contributed by atoms with Crippen LogP contribution in [0.2, 0.25) is 0 Å². The maximum atomic E-state index is 13.3. The maximum Gasteiger partial charge on any atom is 0.232 e. The fraction of sp³-hybridized carbons (Fsp3) is 0.385. The van der Waals surface area contributed by atoms with Crippen LogP contribution in [-0.2, 0) is 9.53 Å². The number of aliphatic imine (C=N–C) groups is 1. The van der Waals surface area contributed by atoms with Crippen LogP contribution in [0, 0.1) is 0 Å². The van der Waals surface area contributed by atoms with E-state index in [9.17, 15) is 4.79 Å². The van der Waals surface area contributed by atoms with Crippen LogP contribution in [0.1, 0.15) is 23.5 Å². The molecule has 4 rings (SSSR count). The van der Waals surface area contributed by atoms with Crippen molar-refractivity contribution in [2.45, 2.75) is 12.3 Å². The highest BCUT2D eigenvalue weighted by Crippen LogP contribution is 2.23. The summed E-state index contributed by atoms with van der Waals surface area (Å²) in [5.41, 5.74) is 3.69. The van der Waals surface area contributed by atoms with Gasteiger partial charge in [-0.3, -0.25) is 9.79 Å². The van der Waals surface area contributed by atoms with Crippen molar-refractivity contribution in [3.63, 3.8) is 0 Å². The van der Waals surface area contributed by atoms with Crippen LogP contribution < -0.4 is 5.32 Å². The molecule has 1 amide bonds. The van der Waals surface area contributed by atoms with Crippen LogP contribution >= 0.6 is 24.0 Å². The molecule has 2 aliphatic heterocycles. The molecule has 1 unspecified atom stereocenters. The molecule has 7 heteroatoms. The van der Waals surface area contributed by atoms with E-state index in [1.807, 2.05) is 41.3 Å². The highest BCUT2D eigenvalue weighted by molar-refractivity contribution is 14.0. The Morgan fingerprint density at radius 3 is 2.27 bits per heavy atom. The molecule has 1 N–H and O–H groups in total. The number of benzene rings is 2. The lowest BCUT2D eigenvalue weighted by Gasteiger charge is -2.33. The molecular formula is C26H33IN4O2. The highest BCUT2D eigenvalue weighted by atomic mass is 127. The van der Waals surface area contributed by atoms with E-state index in [0.29, 0.717) is 32.8 Å². The number of guanidine groups is 1. The largest absolute Gasteiger partial charge is 0.378 e. The number of nitrogens with one attached hydrogen (secondary N) is 1. The van der Waals surface area contributed by atoms with Crippen molar-refractivity contribution < 1.29 is 9.53 Å². The summed E-state index contributed by atoms with van der Waals surface area (Å²) in [6.07, 6.45) is 3.25. The summed E-state index contributed by atoms with van der Waals surface area (Å²) in [7, 11) is 1.81. The van der Waals surface area contributed by atoms with Gasteiger partial charge in [0.25, 0.3) is 0 Å². The van der Waals surface area contributed by atoms with Crippen LogP contribution in [0.5, 0.6) is 0 Å². The van der Waals surface area contributed by atoms with Crippen LogP contribution in [-0.4, -0.2) is 74.7 Å². The number of hydrogen-bond acceptors (Lipinski definition) is 3. The second-order valence-corrected chi connectivity index (χ2v) is 8.12. The van der Waals surface area contributed by atoms with E-state index in [0.717, 1.165) is 31.0 Å². The van der Waals surface area contributed by atoms with E-state index in [2.05, 4.69) is 45.6 Å². The summed E-state index contributed by atoms with van der Waals surface area (Å²) in [4.78, 5) is 22.0. The summed E-state index contributed by atoms with van der Waals surface area (Å²) >= 11 is 0. The quantitative estimate of drug-likeness (QED) is 0.345. The first-order valence-electron chi connectivity index (χ1n) is 11.4. The third-order valence-corrected chi connectivity index (χ3v) is 6.15. The van der Waals surface area contributed by atoms with E-state index >= 15 is 0 Å². The Morgan fingerprint density at radius 2 is 1.67 bits per heavy atom. The Hall–Kier alpha value is -2.39. The Labute approximate surface area is 213 Å². The molecule has 33 heavy (non-hydrogen) atoms. The van der Waals surface area contributed by atoms with Crippen molar-refractivity contribution in [2.24, 2.45) is 4.99 Å². The van der Waals surface area contributed by atoms with Gasteiger partial charge in [0.05, 0.1) is 19.1 Å². The predicted octanol–water partition coefficient (Wildman–Crippen LogP) is 3.61. The molecule has 2 aliphatic rings. The first-order chi connectivity index (χ1) is 15.8. The number of amides is 1. The van der Waals surface area contributed by atoms with Gasteiger partial charge in [-0.05, 0) is 23.1 Å². The zero-order valence-electron chi connectivity index (χ0n) is 19.2. The first kappa shape index (κ1) is 25.2. The van der Waals surface area contributed by atoms with Gasteiger partial charge in [0, 0.05) is 39.8 Å². The second kappa shape index (κ2) is 12.7. The van der Waals surface area contributed by atoms with Crippen molar-refractivity contribution in [1.29, 1.82) is 0 Å². The summed E-state index contributed by atoms with van der Waals surface area (Å²) in [6.45, 7) is 4.72. The third kappa shape index (κ3) is 6.57. The molecule has 0 aliphatic carbocycles. The minimum atomic E-state index is -0.258. The molecule has 0 saturated carbocycles. The maximum absolute atomic E-state index is 13.3. The number of morpholine rings is 1. The molecule has 2 aromatic rings. The normalized spacial score (nSPS) is 17.6. The highest BCUT2D eigenvalue weighted by Gasteiger charge is 2.28. The van der Waals surface area contributed by atoms with Gasteiger partial charge in [0.1, 0.15) is 0 Å². The van der Waals surface area contributed by atoms with Gasteiger partial charge < -0.3 is 19.9 Å². The average Bonchev–Trinajstić information content (AvgIpc) is 2.88. The number of hydrogen-bond donors (Lipinski definition) is 1. The van der Waals surface area contributed by atoms with Crippen LogP contribution in [0.4, 0.5) is 0 Å². The molecule has 1 saturated heterocycles. The lowest BCUT2D eigenvalue weighted by molar-refractivity contribution is -0.136. The van der Waals surface area contributed by atoms with Gasteiger partial charge in [-0.2, -0.15) is 0 Å². The summed E-state index contributed by atoms with van der Waals surface area (Å²) < 4.78 is 5.43. The van der Waals surface area contributed by atoms with Gasteiger partial charge in [0.15, 0.2) is 5.96 Å². The zero-order valence-corrected chi connectivity index (χ0v) is 21.5. The van der Waals surface area contributed by atoms with Gasteiger partial charge >= 0.3 is 0 Å². The Kier molecular flexibility index (Phi) is 9.75. The van der Waals surface area contributed by atoms with E-state index in [-0.39, 0.29) is 35.8 Å². The zero-order chi connectivity index (χ0) is 22.2. The fourth-order valence-corrected chi connectivity index (χ4v) is 4.34. The number of ether oxygens (including phenoxy) is 1. The van der Waals surface area contributed by atoms with Crippen molar-refractivity contribution in [1.82, 2.24) is 15.1 Å². The lowest BCUT2D eigenvalue weighted by atomic mass is 9.97. The van der Waals surface area contributed by atoms with Crippen LogP contribution in [0.15, 0.2) is 71.7 Å². The molecule has 6 nitrogen and oxygen atoms in total. The van der Waals surface area contributed by atoms with E-state index in [1.54, 1.807) is 7.05 Å². The number of carbonyl (C=O) groups is 1. The average molecular weight is 560 g/mol. The van der Waals surface area contributed by atoms with Gasteiger partial charge in [-0.15, -0.1) is 24.0 Å². The second-order valence-electron chi connectivity index (χ2n) is 8.12. The minimum Gasteiger partial charge on any atom is -0.378 e. The van der Waals surface area contributed by atoms with Crippen molar-refractivity contribution in [2.75, 3.05) is 53.0 Å².